The third kappa shape index (κ3) is 2.99. The molecule has 148 valence electrons. The van der Waals surface area contributed by atoms with Crippen LogP contribution in [0.15, 0.2) is 36.4 Å². The zero-order valence-electron chi connectivity index (χ0n) is 15.6. The molecule has 2 saturated heterocycles. The molecule has 0 unspecified atom stereocenters. The largest absolute Gasteiger partial charge is 0.449 e. The fraction of sp³-hybridized carbons (Fsp3) is 0.450. The predicted octanol–water partition coefficient (Wildman–Crippen LogP) is 2.54. The van der Waals surface area contributed by atoms with Crippen molar-refractivity contribution in [2.75, 3.05) is 18.1 Å². The van der Waals surface area contributed by atoms with E-state index in [-0.39, 0.29) is 24.3 Å². The third-order valence-corrected chi connectivity index (χ3v) is 5.55. The molecule has 3 amide bonds. The number of benzene rings is 1. The molecule has 3 aliphatic rings. The Balaban J connectivity index is 1.53. The lowest BCUT2D eigenvalue weighted by atomic mass is 9.77. The molecule has 0 aromatic heterocycles. The number of hydrogen-bond donors (Lipinski definition) is 1. The summed E-state index contributed by atoms with van der Waals surface area (Å²) in [5.74, 6) is -1.69. The summed E-state index contributed by atoms with van der Waals surface area (Å²) in [4.78, 5) is 39.3. The van der Waals surface area contributed by atoms with Gasteiger partial charge in [0.25, 0.3) is 0 Å². The van der Waals surface area contributed by atoms with Gasteiger partial charge in [0.05, 0.1) is 36.8 Å². The van der Waals surface area contributed by atoms with Crippen LogP contribution in [0.25, 0.3) is 0 Å². The zero-order chi connectivity index (χ0) is 20.1. The number of ether oxygens (including phenoxy) is 2. The smallest absolute Gasteiger partial charge is 0.407 e. The Morgan fingerprint density at radius 2 is 2.00 bits per heavy atom. The molecule has 1 N–H and O–H groups in total. The molecule has 0 aliphatic carbocycles. The summed E-state index contributed by atoms with van der Waals surface area (Å²) < 4.78 is 11.1. The van der Waals surface area contributed by atoms with E-state index in [1.807, 2.05) is 13.8 Å². The number of nitrogens with one attached hydrogen (secondary N) is 1. The highest BCUT2D eigenvalue weighted by atomic mass is 35.5. The van der Waals surface area contributed by atoms with E-state index in [0.717, 1.165) is 0 Å². The van der Waals surface area contributed by atoms with Crippen molar-refractivity contribution in [2.24, 2.45) is 17.8 Å². The van der Waals surface area contributed by atoms with E-state index in [1.54, 1.807) is 36.4 Å². The van der Waals surface area contributed by atoms with Gasteiger partial charge in [-0.25, -0.2) is 9.69 Å². The first-order valence-electron chi connectivity index (χ1n) is 9.23. The highest BCUT2D eigenvalue weighted by Crippen LogP contribution is 2.52. The minimum Gasteiger partial charge on any atom is -0.449 e. The van der Waals surface area contributed by atoms with Gasteiger partial charge in [0, 0.05) is 5.02 Å². The Bertz CT molecular complexity index is 853. The van der Waals surface area contributed by atoms with Gasteiger partial charge < -0.3 is 14.8 Å². The molecular formula is C20H21ClN2O5. The number of rotatable bonds is 5. The number of halogens is 1. The molecule has 1 aromatic carbocycles. The number of imide groups is 1. The van der Waals surface area contributed by atoms with Crippen molar-refractivity contribution in [1.29, 1.82) is 0 Å². The molecule has 0 saturated carbocycles. The third-order valence-electron chi connectivity index (χ3n) is 5.30. The molecule has 4 atom stereocenters. The Hall–Kier alpha value is -2.38. The highest BCUT2D eigenvalue weighted by molar-refractivity contribution is 6.31. The van der Waals surface area contributed by atoms with Crippen LogP contribution in [-0.4, -0.2) is 42.8 Å². The van der Waals surface area contributed by atoms with E-state index < -0.39 is 29.6 Å². The van der Waals surface area contributed by atoms with E-state index in [1.165, 1.54) is 4.90 Å². The standard InChI is InChI=1S/C20H21ClN2O5/c1-11(2)9-27-19(26)22-10-20-8-7-14(28-20)15-16(20)18(25)23(17(15)24)13-5-3-12(21)4-6-13/h3-8,11,14-16H,9-10H2,1-2H3,(H,22,26)/t14-,15+,16+,20-/m0/s1. The Kier molecular flexibility index (Phi) is 4.67. The minimum absolute atomic E-state index is 0.0611. The van der Waals surface area contributed by atoms with Gasteiger partial charge in [0.15, 0.2) is 0 Å². The summed E-state index contributed by atoms with van der Waals surface area (Å²) in [7, 11) is 0. The number of fused-ring (bicyclic) bond motifs is 5. The first-order chi connectivity index (χ1) is 13.3. The maximum atomic E-state index is 13.2. The summed E-state index contributed by atoms with van der Waals surface area (Å²) in [5, 5.41) is 3.19. The molecule has 2 bridgehead atoms. The highest BCUT2D eigenvalue weighted by Gasteiger charge is 2.67. The van der Waals surface area contributed by atoms with Crippen LogP contribution in [0.1, 0.15) is 13.8 Å². The van der Waals surface area contributed by atoms with Crippen LogP contribution < -0.4 is 10.2 Å². The maximum absolute atomic E-state index is 13.2. The van der Waals surface area contributed by atoms with Crippen LogP contribution in [0.4, 0.5) is 10.5 Å². The van der Waals surface area contributed by atoms with Gasteiger partial charge in [-0.1, -0.05) is 37.6 Å². The van der Waals surface area contributed by atoms with Gasteiger partial charge in [-0.15, -0.1) is 0 Å². The Labute approximate surface area is 167 Å². The van der Waals surface area contributed by atoms with E-state index in [2.05, 4.69) is 5.32 Å². The molecular weight excluding hydrogens is 384 g/mol. The van der Waals surface area contributed by atoms with Crippen molar-refractivity contribution >= 4 is 35.2 Å². The zero-order valence-corrected chi connectivity index (χ0v) is 16.3. The number of amides is 3. The molecule has 2 fully saturated rings. The molecule has 0 radical (unpaired) electrons. The van der Waals surface area contributed by atoms with Gasteiger partial charge in [-0.2, -0.15) is 0 Å². The van der Waals surface area contributed by atoms with E-state index in [9.17, 15) is 14.4 Å². The fourth-order valence-corrected chi connectivity index (χ4v) is 4.18. The molecule has 8 heteroatoms. The van der Waals surface area contributed by atoms with Gasteiger partial charge >= 0.3 is 6.09 Å². The van der Waals surface area contributed by atoms with Gasteiger partial charge in [-0.05, 0) is 30.2 Å². The van der Waals surface area contributed by atoms with Crippen molar-refractivity contribution in [2.45, 2.75) is 25.6 Å². The SMILES string of the molecule is CC(C)COC(=O)NC[C@]12C=C[C@H](O1)[C@H]1C(=O)N(c3ccc(Cl)cc3)C(=O)[C@@H]12. The molecule has 7 nitrogen and oxygen atoms in total. The van der Waals surface area contributed by atoms with E-state index in [4.69, 9.17) is 21.1 Å². The van der Waals surface area contributed by atoms with Crippen molar-refractivity contribution in [1.82, 2.24) is 5.32 Å². The van der Waals surface area contributed by atoms with Crippen LogP contribution in [0.3, 0.4) is 0 Å². The van der Waals surface area contributed by atoms with Crippen LogP contribution in [0.5, 0.6) is 0 Å². The lowest BCUT2D eigenvalue weighted by Gasteiger charge is -2.29. The Morgan fingerprint density at radius 1 is 1.29 bits per heavy atom. The summed E-state index contributed by atoms with van der Waals surface area (Å²) in [6, 6.07) is 6.56. The maximum Gasteiger partial charge on any atom is 0.407 e. The lowest BCUT2D eigenvalue weighted by molar-refractivity contribution is -0.126. The van der Waals surface area contributed by atoms with Crippen molar-refractivity contribution in [3.63, 3.8) is 0 Å². The molecule has 1 aromatic rings. The summed E-state index contributed by atoms with van der Waals surface area (Å²) in [6.45, 7) is 4.24. The lowest BCUT2D eigenvalue weighted by Crippen LogP contribution is -2.49. The van der Waals surface area contributed by atoms with Crippen LogP contribution in [0, 0.1) is 17.8 Å². The second-order valence-corrected chi connectivity index (χ2v) is 8.17. The van der Waals surface area contributed by atoms with Gasteiger partial charge in [0.1, 0.15) is 5.60 Å². The fourth-order valence-electron chi connectivity index (χ4n) is 4.05. The summed E-state index contributed by atoms with van der Waals surface area (Å²) >= 11 is 5.91. The molecule has 0 spiro atoms. The molecule has 3 heterocycles. The first-order valence-corrected chi connectivity index (χ1v) is 9.61. The minimum atomic E-state index is -1.04. The first kappa shape index (κ1) is 19.0. The van der Waals surface area contributed by atoms with Crippen molar-refractivity contribution in [3.05, 3.63) is 41.4 Å². The van der Waals surface area contributed by atoms with E-state index in [0.29, 0.717) is 17.3 Å². The quantitative estimate of drug-likeness (QED) is 0.602. The number of hydrogen-bond acceptors (Lipinski definition) is 5. The molecule has 28 heavy (non-hydrogen) atoms. The van der Waals surface area contributed by atoms with Gasteiger partial charge in [0.2, 0.25) is 11.8 Å². The number of nitrogens with zero attached hydrogens (tertiary/aromatic N) is 1. The van der Waals surface area contributed by atoms with Crippen molar-refractivity contribution in [3.8, 4) is 0 Å². The van der Waals surface area contributed by atoms with Crippen LogP contribution in [-0.2, 0) is 19.1 Å². The number of alkyl carbamates (subject to hydrolysis) is 1. The van der Waals surface area contributed by atoms with Crippen molar-refractivity contribution < 1.29 is 23.9 Å². The molecule has 4 rings (SSSR count). The van der Waals surface area contributed by atoms with Gasteiger partial charge in [-0.3, -0.25) is 9.59 Å². The van der Waals surface area contributed by atoms with Crippen LogP contribution in [0.2, 0.25) is 5.02 Å². The Morgan fingerprint density at radius 3 is 2.68 bits per heavy atom. The normalized spacial score (nSPS) is 30.3. The monoisotopic (exact) mass is 404 g/mol. The number of anilines is 1. The second-order valence-electron chi connectivity index (χ2n) is 7.73. The number of carbonyl (C=O) groups excluding carboxylic acids is 3. The van der Waals surface area contributed by atoms with Crippen LogP contribution >= 0.6 is 11.6 Å². The summed E-state index contributed by atoms with van der Waals surface area (Å²) in [5.41, 5.74) is -0.562. The molecule has 3 aliphatic heterocycles. The van der Waals surface area contributed by atoms with E-state index >= 15 is 0 Å². The number of carbonyl (C=O) groups is 3. The topological polar surface area (TPSA) is 84.9 Å². The predicted molar refractivity (Wildman–Crippen MR) is 102 cm³/mol. The second kappa shape index (κ2) is 6.90. The summed E-state index contributed by atoms with van der Waals surface area (Å²) in [6.07, 6.45) is 2.52. The average molecular weight is 405 g/mol. The average Bonchev–Trinajstić information content (AvgIpc) is 3.30.